The molecule has 0 saturated heterocycles. The number of rotatable bonds is 2. The largest absolute Gasteiger partial charge is 0.490 e. The lowest BCUT2D eigenvalue weighted by Gasteiger charge is -2.35. The highest BCUT2D eigenvalue weighted by atomic mass is 16.5. The van der Waals surface area contributed by atoms with Crippen molar-refractivity contribution in [2.45, 2.75) is 51.6 Å². The molecule has 0 spiro atoms. The molecule has 1 heterocycles. The zero-order valence-electron chi connectivity index (χ0n) is 11.6. The highest BCUT2D eigenvalue weighted by Crippen LogP contribution is 2.44. The topological polar surface area (TPSA) is 33.0 Å². The molecule has 1 fully saturated rings. The molecule has 3 unspecified atom stereocenters. The first kappa shape index (κ1) is 12.5. The molecule has 3 atom stereocenters. The van der Waals surface area contributed by atoms with Crippen LogP contribution in [-0.4, -0.2) is 6.10 Å². The zero-order chi connectivity index (χ0) is 13.3. The van der Waals surface area contributed by atoms with Crippen LogP contribution in [0.25, 0.3) is 0 Å². The fourth-order valence-corrected chi connectivity index (χ4v) is 3.80. The minimum atomic E-state index is -0.148. The van der Waals surface area contributed by atoms with E-state index >= 15 is 0 Å². The van der Waals surface area contributed by atoms with Gasteiger partial charge in [-0.25, -0.2) is 0 Å². The van der Waals surface area contributed by atoms with Gasteiger partial charge in [-0.3, -0.25) is 0 Å². The van der Waals surface area contributed by atoms with Crippen molar-refractivity contribution in [3.8, 4) is 11.8 Å². The molecule has 3 rings (SSSR count). The SMILES string of the molecule is CC1CCCC(C#N)(CC2Cc3ccccc3O2)C1. The van der Waals surface area contributed by atoms with Crippen molar-refractivity contribution >= 4 is 0 Å². The van der Waals surface area contributed by atoms with E-state index in [1.54, 1.807) is 0 Å². The molecule has 1 aliphatic carbocycles. The van der Waals surface area contributed by atoms with Crippen molar-refractivity contribution < 1.29 is 4.74 Å². The van der Waals surface area contributed by atoms with Gasteiger partial charge in [0.05, 0.1) is 11.5 Å². The van der Waals surface area contributed by atoms with Gasteiger partial charge < -0.3 is 4.74 Å². The van der Waals surface area contributed by atoms with Crippen LogP contribution in [0.15, 0.2) is 24.3 Å². The van der Waals surface area contributed by atoms with E-state index in [2.05, 4.69) is 25.1 Å². The van der Waals surface area contributed by atoms with Gasteiger partial charge in [0, 0.05) is 12.8 Å². The van der Waals surface area contributed by atoms with Crippen molar-refractivity contribution in [2.75, 3.05) is 0 Å². The van der Waals surface area contributed by atoms with E-state index in [1.807, 2.05) is 12.1 Å². The lowest BCUT2D eigenvalue weighted by molar-refractivity contribution is 0.119. The molecule has 1 saturated carbocycles. The molecule has 2 nitrogen and oxygen atoms in total. The van der Waals surface area contributed by atoms with Crippen molar-refractivity contribution in [1.82, 2.24) is 0 Å². The Kier molecular flexibility index (Phi) is 3.22. The number of fused-ring (bicyclic) bond motifs is 1. The molecular formula is C17H21NO. The number of hydrogen-bond acceptors (Lipinski definition) is 2. The molecule has 0 aromatic heterocycles. The van der Waals surface area contributed by atoms with Crippen LogP contribution in [0, 0.1) is 22.7 Å². The predicted octanol–water partition coefficient (Wildman–Crippen LogP) is 4.10. The van der Waals surface area contributed by atoms with Crippen LogP contribution in [0.4, 0.5) is 0 Å². The maximum absolute atomic E-state index is 9.63. The molecule has 0 bridgehead atoms. The van der Waals surface area contributed by atoms with Gasteiger partial charge in [-0.1, -0.05) is 38.0 Å². The minimum absolute atomic E-state index is 0.148. The molecule has 0 N–H and O–H groups in total. The lowest BCUT2D eigenvalue weighted by atomic mass is 9.68. The molecule has 100 valence electrons. The monoisotopic (exact) mass is 255 g/mol. The first-order valence-corrected chi connectivity index (χ1v) is 7.37. The Morgan fingerprint density at radius 1 is 1.42 bits per heavy atom. The average molecular weight is 255 g/mol. The lowest BCUT2D eigenvalue weighted by Crippen LogP contribution is -2.32. The van der Waals surface area contributed by atoms with Gasteiger partial charge in [0.1, 0.15) is 11.9 Å². The summed E-state index contributed by atoms with van der Waals surface area (Å²) in [5.74, 6) is 1.70. The van der Waals surface area contributed by atoms with E-state index in [9.17, 15) is 5.26 Å². The highest BCUT2D eigenvalue weighted by molar-refractivity contribution is 5.37. The van der Waals surface area contributed by atoms with Crippen LogP contribution in [0.1, 0.15) is 44.6 Å². The fourth-order valence-electron chi connectivity index (χ4n) is 3.80. The number of para-hydroxylation sites is 1. The molecule has 1 aromatic carbocycles. The van der Waals surface area contributed by atoms with Gasteiger partial charge in [-0.05, 0) is 30.4 Å². The van der Waals surface area contributed by atoms with E-state index in [4.69, 9.17) is 4.74 Å². The van der Waals surface area contributed by atoms with Crippen LogP contribution in [0.2, 0.25) is 0 Å². The third-order valence-corrected chi connectivity index (χ3v) is 4.66. The first-order chi connectivity index (χ1) is 9.21. The molecular weight excluding hydrogens is 234 g/mol. The van der Waals surface area contributed by atoms with Gasteiger partial charge in [0.2, 0.25) is 0 Å². The third kappa shape index (κ3) is 2.47. The average Bonchev–Trinajstić information content (AvgIpc) is 2.80. The summed E-state index contributed by atoms with van der Waals surface area (Å²) in [5.41, 5.74) is 1.15. The van der Waals surface area contributed by atoms with Crippen molar-refractivity contribution in [1.29, 1.82) is 5.26 Å². The Hall–Kier alpha value is -1.49. The third-order valence-electron chi connectivity index (χ3n) is 4.66. The summed E-state index contributed by atoms with van der Waals surface area (Å²) in [5, 5.41) is 9.63. The molecule has 2 aliphatic rings. The number of nitriles is 1. The summed E-state index contributed by atoms with van der Waals surface area (Å²) in [4.78, 5) is 0. The van der Waals surface area contributed by atoms with Crippen LogP contribution < -0.4 is 4.74 Å². The normalized spacial score (nSPS) is 33.3. The smallest absolute Gasteiger partial charge is 0.123 e. The molecule has 19 heavy (non-hydrogen) atoms. The summed E-state index contributed by atoms with van der Waals surface area (Å²) < 4.78 is 6.02. The Morgan fingerprint density at radius 3 is 3.00 bits per heavy atom. The second-order valence-electron chi connectivity index (χ2n) is 6.35. The summed E-state index contributed by atoms with van der Waals surface area (Å²) in [6.45, 7) is 2.27. The van der Waals surface area contributed by atoms with E-state index in [0.29, 0.717) is 5.92 Å². The minimum Gasteiger partial charge on any atom is -0.490 e. The van der Waals surface area contributed by atoms with Gasteiger partial charge >= 0.3 is 0 Å². The van der Waals surface area contributed by atoms with Crippen LogP contribution in [-0.2, 0) is 6.42 Å². The molecule has 0 amide bonds. The van der Waals surface area contributed by atoms with E-state index < -0.39 is 0 Å². The van der Waals surface area contributed by atoms with E-state index in [1.165, 1.54) is 18.4 Å². The number of hydrogen-bond donors (Lipinski definition) is 0. The van der Waals surface area contributed by atoms with Gasteiger partial charge in [0.15, 0.2) is 0 Å². The predicted molar refractivity (Wildman–Crippen MR) is 74.9 cm³/mol. The molecule has 2 heteroatoms. The van der Waals surface area contributed by atoms with Crippen LogP contribution >= 0.6 is 0 Å². The zero-order valence-corrected chi connectivity index (χ0v) is 11.6. The standard InChI is InChI=1S/C17H21NO/c1-13-5-4-8-17(10-13,12-18)11-15-9-14-6-2-3-7-16(14)19-15/h2-3,6-7,13,15H,4-5,8-11H2,1H3. The molecule has 1 aromatic rings. The summed E-state index contributed by atoms with van der Waals surface area (Å²) in [6, 6.07) is 10.9. The number of benzene rings is 1. The van der Waals surface area contributed by atoms with Gasteiger partial charge in [-0.15, -0.1) is 0 Å². The van der Waals surface area contributed by atoms with E-state index in [-0.39, 0.29) is 11.5 Å². The second kappa shape index (κ2) is 4.89. The fraction of sp³-hybridized carbons (Fsp3) is 0.588. The van der Waals surface area contributed by atoms with Crippen molar-refractivity contribution in [2.24, 2.45) is 11.3 Å². The number of nitrogens with zero attached hydrogens (tertiary/aromatic N) is 1. The van der Waals surface area contributed by atoms with E-state index in [0.717, 1.165) is 31.4 Å². The number of ether oxygens (including phenoxy) is 1. The maximum Gasteiger partial charge on any atom is 0.123 e. The molecule has 0 radical (unpaired) electrons. The molecule has 1 aliphatic heterocycles. The Labute approximate surface area is 115 Å². The van der Waals surface area contributed by atoms with Crippen molar-refractivity contribution in [3.63, 3.8) is 0 Å². The Balaban J connectivity index is 1.71. The maximum atomic E-state index is 9.63. The van der Waals surface area contributed by atoms with Crippen LogP contribution in [0.5, 0.6) is 5.75 Å². The quantitative estimate of drug-likeness (QED) is 0.797. The van der Waals surface area contributed by atoms with Gasteiger partial charge in [0.25, 0.3) is 0 Å². The first-order valence-electron chi connectivity index (χ1n) is 7.37. The Bertz CT molecular complexity index is 479. The summed E-state index contributed by atoms with van der Waals surface area (Å²) in [7, 11) is 0. The second-order valence-corrected chi connectivity index (χ2v) is 6.35. The summed E-state index contributed by atoms with van der Waals surface area (Å²) in [6.07, 6.45) is 6.60. The summed E-state index contributed by atoms with van der Waals surface area (Å²) >= 11 is 0. The highest BCUT2D eigenvalue weighted by Gasteiger charge is 2.39. The van der Waals surface area contributed by atoms with Crippen molar-refractivity contribution in [3.05, 3.63) is 29.8 Å². The van der Waals surface area contributed by atoms with Crippen LogP contribution in [0.3, 0.4) is 0 Å². The van der Waals surface area contributed by atoms with Gasteiger partial charge in [-0.2, -0.15) is 5.26 Å². The Morgan fingerprint density at radius 2 is 2.26 bits per heavy atom.